The zero-order valence-electron chi connectivity index (χ0n) is 9.76. The molecule has 0 amide bonds. The largest absolute Gasteiger partial charge is 0.394 e. The van der Waals surface area contributed by atoms with E-state index in [0.717, 1.165) is 0 Å². The second-order valence-corrected chi connectivity index (χ2v) is 4.27. The van der Waals surface area contributed by atoms with Crippen molar-refractivity contribution in [1.82, 2.24) is 9.55 Å². The summed E-state index contributed by atoms with van der Waals surface area (Å²) in [4.78, 5) is 25.0. The number of aliphatic hydroxyl groups excluding tert-OH is 1. The van der Waals surface area contributed by atoms with Gasteiger partial charge in [-0.3, -0.25) is 14.3 Å². The van der Waals surface area contributed by atoms with Crippen LogP contribution in [-0.2, 0) is 10.5 Å². The van der Waals surface area contributed by atoms with Gasteiger partial charge in [0.1, 0.15) is 0 Å². The normalized spacial score (nSPS) is 27.0. The summed E-state index contributed by atoms with van der Waals surface area (Å²) in [5, 5.41) is 9.10. The molecule has 0 saturated carbocycles. The molecule has 1 fully saturated rings. The first-order valence-corrected chi connectivity index (χ1v) is 5.66. The maximum Gasteiger partial charge on any atom is 0.330 e. The fourth-order valence-corrected chi connectivity index (χ4v) is 2.23. The molecule has 0 bridgehead atoms. The Labute approximate surface area is 103 Å². The highest BCUT2D eigenvalue weighted by Crippen LogP contribution is 2.36. The predicted molar refractivity (Wildman–Crippen MR) is 63.9 cm³/mol. The van der Waals surface area contributed by atoms with Crippen LogP contribution in [0.25, 0.3) is 0 Å². The summed E-state index contributed by atoms with van der Waals surface area (Å²) in [6, 6.07) is 1.25. The van der Waals surface area contributed by atoms with Crippen LogP contribution in [0.1, 0.15) is 19.3 Å². The minimum atomic E-state index is -0.969. The zero-order valence-corrected chi connectivity index (χ0v) is 9.76. The molecule has 0 unspecified atom stereocenters. The fourth-order valence-electron chi connectivity index (χ4n) is 2.23. The topological polar surface area (TPSA) is 84.3 Å². The third-order valence-corrected chi connectivity index (χ3v) is 3.09. The Balaban J connectivity index is 2.46. The average molecular weight is 250 g/mol. The number of nitrogens with zero attached hydrogens (tertiary/aromatic N) is 1. The number of hydrogen-bond acceptors (Lipinski definition) is 4. The number of hydrogen-bond donors (Lipinski definition) is 2. The second kappa shape index (κ2) is 4.80. The van der Waals surface area contributed by atoms with Crippen LogP contribution in [0.3, 0.4) is 0 Å². The predicted octanol–water partition coefficient (Wildman–Crippen LogP) is -0.616. The standard InChI is InChI=1S/C12H14N2O4/c1-2-5-12(6-3-9(8-15)18-12)14-7-4-10(16)13-11(14)17/h1,4,7,9,15H,3,5-6,8H2,(H,13,16,17)/t9-,12+/m0/s1. The van der Waals surface area contributed by atoms with Crippen LogP contribution in [0.2, 0.25) is 0 Å². The zero-order chi connectivity index (χ0) is 13.2. The molecule has 1 saturated heterocycles. The maximum atomic E-state index is 11.8. The van der Waals surface area contributed by atoms with Crippen molar-refractivity contribution in [2.75, 3.05) is 6.61 Å². The number of aromatic nitrogens is 2. The van der Waals surface area contributed by atoms with Crippen molar-refractivity contribution in [2.24, 2.45) is 0 Å². The lowest BCUT2D eigenvalue weighted by Gasteiger charge is -2.29. The summed E-state index contributed by atoms with van der Waals surface area (Å²) >= 11 is 0. The number of terminal acetylenes is 1. The molecule has 96 valence electrons. The van der Waals surface area contributed by atoms with Gasteiger partial charge < -0.3 is 9.84 Å². The van der Waals surface area contributed by atoms with Crippen LogP contribution in [0.15, 0.2) is 21.9 Å². The first kappa shape index (κ1) is 12.6. The minimum absolute atomic E-state index is 0.121. The molecular formula is C12H14N2O4. The van der Waals surface area contributed by atoms with Crippen LogP contribution in [0.4, 0.5) is 0 Å². The molecule has 6 nitrogen and oxygen atoms in total. The molecule has 0 aliphatic carbocycles. The number of H-pyrrole nitrogens is 1. The number of aliphatic hydroxyl groups is 1. The lowest BCUT2D eigenvalue weighted by Crippen LogP contribution is -2.44. The summed E-state index contributed by atoms with van der Waals surface area (Å²) in [5.74, 6) is 2.48. The number of aromatic amines is 1. The van der Waals surface area contributed by atoms with Gasteiger partial charge in [0.15, 0.2) is 5.72 Å². The highest BCUT2D eigenvalue weighted by atomic mass is 16.5. The van der Waals surface area contributed by atoms with Gasteiger partial charge >= 0.3 is 5.69 Å². The van der Waals surface area contributed by atoms with Crippen LogP contribution in [-0.4, -0.2) is 27.4 Å². The third kappa shape index (κ3) is 2.10. The molecule has 2 heterocycles. The van der Waals surface area contributed by atoms with E-state index < -0.39 is 17.0 Å². The summed E-state index contributed by atoms with van der Waals surface area (Å²) in [7, 11) is 0. The Hall–Kier alpha value is -1.84. The molecule has 1 aliphatic rings. The van der Waals surface area contributed by atoms with E-state index in [1.54, 1.807) is 0 Å². The Morgan fingerprint density at radius 2 is 2.44 bits per heavy atom. The molecule has 1 aliphatic heterocycles. The van der Waals surface area contributed by atoms with Crippen molar-refractivity contribution in [2.45, 2.75) is 31.1 Å². The molecular weight excluding hydrogens is 236 g/mol. The van der Waals surface area contributed by atoms with E-state index >= 15 is 0 Å². The number of rotatable bonds is 3. The molecule has 18 heavy (non-hydrogen) atoms. The quantitative estimate of drug-likeness (QED) is 0.700. The van der Waals surface area contributed by atoms with Gasteiger partial charge in [-0.25, -0.2) is 4.79 Å². The van der Waals surface area contributed by atoms with Crippen LogP contribution in [0, 0.1) is 12.3 Å². The average Bonchev–Trinajstić information content (AvgIpc) is 2.74. The monoisotopic (exact) mass is 250 g/mol. The Morgan fingerprint density at radius 1 is 1.67 bits per heavy atom. The van der Waals surface area contributed by atoms with Crippen molar-refractivity contribution < 1.29 is 9.84 Å². The highest BCUT2D eigenvalue weighted by Gasteiger charge is 2.41. The Morgan fingerprint density at radius 3 is 3.00 bits per heavy atom. The summed E-state index contributed by atoms with van der Waals surface area (Å²) < 4.78 is 6.99. The number of nitrogens with one attached hydrogen (secondary N) is 1. The van der Waals surface area contributed by atoms with Gasteiger partial charge in [-0.15, -0.1) is 12.3 Å². The first-order chi connectivity index (χ1) is 8.61. The smallest absolute Gasteiger partial charge is 0.330 e. The van der Waals surface area contributed by atoms with Gasteiger partial charge in [-0.2, -0.15) is 0 Å². The van der Waals surface area contributed by atoms with Gasteiger partial charge in [0.05, 0.1) is 19.1 Å². The third-order valence-electron chi connectivity index (χ3n) is 3.09. The lowest BCUT2D eigenvalue weighted by molar-refractivity contribution is -0.110. The van der Waals surface area contributed by atoms with Crippen LogP contribution in [0.5, 0.6) is 0 Å². The molecule has 2 atom stereocenters. The van der Waals surface area contributed by atoms with Gasteiger partial charge in [0.25, 0.3) is 5.56 Å². The molecule has 1 aromatic heterocycles. The van der Waals surface area contributed by atoms with Crippen molar-refractivity contribution in [3.05, 3.63) is 33.1 Å². The molecule has 6 heteroatoms. The van der Waals surface area contributed by atoms with Gasteiger partial charge in [0, 0.05) is 12.3 Å². The molecule has 1 aromatic rings. The van der Waals surface area contributed by atoms with Crippen molar-refractivity contribution >= 4 is 0 Å². The summed E-state index contributed by atoms with van der Waals surface area (Å²) in [6.07, 6.45) is 7.70. The summed E-state index contributed by atoms with van der Waals surface area (Å²) in [5.41, 5.74) is -2.00. The van der Waals surface area contributed by atoms with Crippen LogP contribution < -0.4 is 11.2 Å². The minimum Gasteiger partial charge on any atom is -0.394 e. The molecule has 2 rings (SSSR count). The molecule has 0 spiro atoms. The Kier molecular flexibility index (Phi) is 3.36. The second-order valence-electron chi connectivity index (χ2n) is 4.27. The molecule has 0 aromatic carbocycles. The van der Waals surface area contributed by atoms with Gasteiger partial charge in [-0.1, -0.05) is 0 Å². The first-order valence-electron chi connectivity index (χ1n) is 5.66. The molecule has 2 N–H and O–H groups in total. The number of ether oxygens (including phenoxy) is 1. The van der Waals surface area contributed by atoms with E-state index in [1.165, 1.54) is 16.8 Å². The van der Waals surface area contributed by atoms with Gasteiger partial charge in [-0.05, 0) is 12.8 Å². The molecule has 0 radical (unpaired) electrons. The van der Waals surface area contributed by atoms with Crippen molar-refractivity contribution in [3.8, 4) is 12.3 Å². The fraction of sp³-hybridized carbons (Fsp3) is 0.500. The van der Waals surface area contributed by atoms with E-state index in [1.807, 2.05) is 0 Å². The van der Waals surface area contributed by atoms with E-state index in [0.29, 0.717) is 12.8 Å². The highest BCUT2D eigenvalue weighted by molar-refractivity contribution is 5.00. The van der Waals surface area contributed by atoms with E-state index in [2.05, 4.69) is 10.9 Å². The van der Waals surface area contributed by atoms with Crippen molar-refractivity contribution in [3.63, 3.8) is 0 Å². The Bertz CT molecular complexity index is 583. The van der Waals surface area contributed by atoms with Crippen LogP contribution >= 0.6 is 0 Å². The summed E-state index contributed by atoms with van der Waals surface area (Å²) in [6.45, 7) is -0.121. The van der Waals surface area contributed by atoms with E-state index in [-0.39, 0.29) is 19.1 Å². The van der Waals surface area contributed by atoms with Crippen molar-refractivity contribution in [1.29, 1.82) is 0 Å². The van der Waals surface area contributed by atoms with E-state index in [9.17, 15) is 9.59 Å². The lowest BCUT2D eigenvalue weighted by atomic mass is 10.1. The SMILES string of the molecule is C#CC[C@]1(n2ccc(=O)[nH]c2=O)CC[C@@H](CO)O1. The maximum absolute atomic E-state index is 11.8. The van der Waals surface area contributed by atoms with E-state index in [4.69, 9.17) is 16.3 Å². The van der Waals surface area contributed by atoms with Gasteiger partial charge in [0.2, 0.25) is 0 Å².